The SMILES string of the molecule is CC(C)Oc1ccc(CNC(=O)[C@H]2CC(=O)N(c3cccc(Cl)c3)C2)cc1. The monoisotopic (exact) mass is 386 g/mol. The van der Waals surface area contributed by atoms with Crippen LogP contribution in [0.4, 0.5) is 5.69 Å². The first kappa shape index (κ1) is 19.2. The summed E-state index contributed by atoms with van der Waals surface area (Å²) in [4.78, 5) is 26.4. The number of nitrogens with one attached hydrogen (secondary N) is 1. The molecule has 1 heterocycles. The average Bonchev–Trinajstić information content (AvgIpc) is 3.02. The van der Waals surface area contributed by atoms with Crippen LogP contribution in [0.5, 0.6) is 5.75 Å². The fourth-order valence-corrected chi connectivity index (χ4v) is 3.25. The Morgan fingerprint density at radius 2 is 2.00 bits per heavy atom. The Bertz CT molecular complexity index is 820. The number of amides is 2. The Morgan fingerprint density at radius 3 is 2.67 bits per heavy atom. The molecule has 1 fully saturated rings. The lowest BCUT2D eigenvalue weighted by atomic mass is 10.1. The maximum Gasteiger partial charge on any atom is 0.227 e. The van der Waals surface area contributed by atoms with Gasteiger partial charge in [-0.25, -0.2) is 0 Å². The van der Waals surface area contributed by atoms with E-state index in [2.05, 4.69) is 5.32 Å². The number of carbonyl (C=O) groups excluding carboxylic acids is 2. The highest BCUT2D eigenvalue weighted by molar-refractivity contribution is 6.31. The zero-order chi connectivity index (χ0) is 19.4. The predicted molar refractivity (Wildman–Crippen MR) is 106 cm³/mol. The number of benzene rings is 2. The fourth-order valence-electron chi connectivity index (χ4n) is 3.07. The standard InChI is InChI=1S/C21H23ClN2O3/c1-14(2)27-19-8-6-15(7-9-19)12-23-21(26)16-10-20(25)24(13-16)18-5-3-4-17(22)11-18/h3-9,11,14,16H,10,12-13H2,1-2H3,(H,23,26)/t16-/m0/s1. The zero-order valence-electron chi connectivity index (χ0n) is 15.4. The number of carbonyl (C=O) groups is 2. The number of anilines is 1. The summed E-state index contributed by atoms with van der Waals surface area (Å²) in [6.45, 7) is 4.74. The largest absolute Gasteiger partial charge is 0.491 e. The molecule has 27 heavy (non-hydrogen) atoms. The summed E-state index contributed by atoms with van der Waals surface area (Å²) in [5, 5.41) is 3.49. The Hall–Kier alpha value is -2.53. The minimum Gasteiger partial charge on any atom is -0.491 e. The van der Waals surface area contributed by atoms with Gasteiger partial charge in [-0.05, 0) is 49.7 Å². The lowest BCUT2D eigenvalue weighted by Gasteiger charge is -2.17. The molecule has 2 amide bonds. The second-order valence-corrected chi connectivity index (χ2v) is 7.35. The van der Waals surface area contributed by atoms with Gasteiger partial charge >= 0.3 is 0 Å². The third kappa shape index (κ3) is 5.01. The van der Waals surface area contributed by atoms with Crippen LogP contribution in [0.2, 0.25) is 5.02 Å². The van der Waals surface area contributed by atoms with Gasteiger partial charge < -0.3 is 15.0 Å². The zero-order valence-corrected chi connectivity index (χ0v) is 16.2. The maximum absolute atomic E-state index is 12.5. The molecule has 0 aliphatic carbocycles. The highest BCUT2D eigenvalue weighted by atomic mass is 35.5. The van der Waals surface area contributed by atoms with Crippen LogP contribution in [-0.4, -0.2) is 24.5 Å². The summed E-state index contributed by atoms with van der Waals surface area (Å²) in [5.41, 5.74) is 1.71. The quantitative estimate of drug-likeness (QED) is 0.821. The van der Waals surface area contributed by atoms with Crippen LogP contribution in [0.15, 0.2) is 48.5 Å². The van der Waals surface area contributed by atoms with Gasteiger partial charge in [0.05, 0.1) is 12.0 Å². The molecule has 2 aromatic rings. The molecular formula is C21H23ClN2O3. The molecule has 5 nitrogen and oxygen atoms in total. The Balaban J connectivity index is 1.55. The van der Waals surface area contributed by atoms with Crippen LogP contribution in [0.25, 0.3) is 0 Å². The van der Waals surface area contributed by atoms with Crippen molar-refractivity contribution >= 4 is 29.1 Å². The molecule has 0 radical (unpaired) electrons. The van der Waals surface area contributed by atoms with Gasteiger partial charge in [0.25, 0.3) is 0 Å². The number of halogens is 1. The second-order valence-electron chi connectivity index (χ2n) is 6.91. The first-order valence-electron chi connectivity index (χ1n) is 9.01. The molecular weight excluding hydrogens is 364 g/mol. The number of ether oxygens (including phenoxy) is 1. The number of nitrogens with zero attached hydrogens (tertiary/aromatic N) is 1. The molecule has 6 heteroatoms. The topological polar surface area (TPSA) is 58.6 Å². The number of hydrogen-bond acceptors (Lipinski definition) is 3. The van der Waals surface area contributed by atoms with Crippen molar-refractivity contribution in [3.05, 3.63) is 59.1 Å². The molecule has 0 aromatic heterocycles. The summed E-state index contributed by atoms with van der Waals surface area (Å²) in [6.07, 6.45) is 0.331. The van der Waals surface area contributed by atoms with Gasteiger partial charge in [0.15, 0.2) is 0 Å². The summed E-state index contributed by atoms with van der Waals surface area (Å²) in [6, 6.07) is 14.7. The molecule has 1 saturated heterocycles. The van der Waals surface area contributed by atoms with E-state index in [1.54, 1.807) is 23.1 Å². The van der Waals surface area contributed by atoms with Gasteiger partial charge in [-0.15, -0.1) is 0 Å². The van der Waals surface area contributed by atoms with E-state index in [-0.39, 0.29) is 30.3 Å². The summed E-state index contributed by atoms with van der Waals surface area (Å²) in [5.74, 6) is 0.265. The normalized spacial score (nSPS) is 16.7. The molecule has 1 aliphatic heterocycles. The molecule has 1 atom stereocenters. The van der Waals surface area contributed by atoms with E-state index in [0.717, 1.165) is 17.0 Å². The van der Waals surface area contributed by atoms with E-state index in [1.807, 2.05) is 44.2 Å². The van der Waals surface area contributed by atoms with E-state index in [9.17, 15) is 9.59 Å². The molecule has 3 rings (SSSR count). The fraction of sp³-hybridized carbons (Fsp3) is 0.333. The van der Waals surface area contributed by atoms with Gasteiger partial charge in [-0.2, -0.15) is 0 Å². The van der Waals surface area contributed by atoms with E-state index in [1.165, 1.54) is 0 Å². The molecule has 2 aromatic carbocycles. The lowest BCUT2D eigenvalue weighted by Crippen LogP contribution is -2.32. The van der Waals surface area contributed by atoms with Crippen molar-refractivity contribution < 1.29 is 14.3 Å². The maximum atomic E-state index is 12.5. The van der Waals surface area contributed by atoms with Crippen molar-refractivity contribution in [2.24, 2.45) is 5.92 Å². The third-order valence-electron chi connectivity index (χ3n) is 4.38. The summed E-state index contributed by atoms with van der Waals surface area (Å²) < 4.78 is 5.61. The van der Waals surface area contributed by atoms with Crippen molar-refractivity contribution in [3.8, 4) is 5.75 Å². The Labute approximate surface area is 164 Å². The average molecular weight is 387 g/mol. The van der Waals surface area contributed by atoms with E-state index in [4.69, 9.17) is 16.3 Å². The lowest BCUT2D eigenvalue weighted by molar-refractivity contribution is -0.126. The van der Waals surface area contributed by atoms with E-state index < -0.39 is 0 Å². The molecule has 1 N–H and O–H groups in total. The van der Waals surface area contributed by atoms with Crippen molar-refractivity contribution in [1.29, 1.82) is 0 Å². The minimum atomic E-state index is -0.361. The van der Waals surface area contributed by atoms with Crippen molar-refractivity contribution in [2.75, 3.05) is 11.4 Å². The van der Waals surface area contributed by atoms with Crippen LogP contribution < -0.4 is 15.0 Å². The Kier molecular flexibility index (Phi) is 6.01. The highest BCUT2D eigenvalue weighted by Gasteiger charge is 2.35. The van der Waals surface area contributed by atoms with Crippen LogP contribution in [0.3, 0.4) is 0 Å². The smallest absolute Gasteiger partial charge is 0.227 e. The van der Waals surface area contributed by atoms with Crippen molar-refractivity contribution in [3.63, 3.8) is 0 Å². The number of rotatable bonds is 6. The summed E-state index contributed by atoms with van der Waals surface area (Å²) in [7, 11) is 0. The first-order valence-corrected chi connectivity index (χ1v) is 9.39. The van der Waals surface area contributed by atoms with E-state index in [0.29, 0.717) is 18.1 Å². The molecule has 0 unspecified atom stereocenters. The minimum absolute atomic E-state index is 0.0624. The number of hydrogen-bond donors (Lipinski definition) is 1. The van der Waals surface area contributed by atoms with Crippen LogP contribution in [-0.2, 0) is 16.1 Å². The van der Waals surface area contributed by atoms with Gasteiger partial charge in [-0.3, -0.25) is 9.59 Å². The second kappa shape index (κ2) is 8.44. The molecule has 142 valence electrons. The molecule has 0 bridgehead atoms. The molecule has 0 saturated carbocycles. The van der Waals surface area contributed by atoms with Gasteiger partial charge in [-0.1, -0.05) is 29.8 Å². The van der Waals surface area contributed by atoms with Gasteiger partial charge in [0, 0.05) is 30.2 Å². The molecule has 1 aliphatic rings. The highest BCUT2D eigenvalue weighted by Crippen LogP contribution is 2.27. The van der Waals surface area contributed by atoms with Crippen LogP contribution in [0, 0.1) is 5.92 Å². The van der Waals surface area contributed by atoms with Crippen LogP contribution in [0.1, 0.15) is 25.8 Å². The van der Waals surface area contributed by atoms with Crippen LogP contribution >= 0.6 is 11.6 Å². The Morgan fingerprint density at radius 1 is 1.26 bits per heavy atom. The predicted octanol–water partition coefficient (Wildman–Crippen LogP) is 3.80. The van der Waals surface area contributed by atoms with Crippen molar-refractivity contribution in [1.82, 2.24) is 5.32 Å². The first-order chi connectivity index (χ1) is 12.9. The van der Waals surface area contributed by atoms with Gasteiger partial charge in [0.2, 0.25) is 11.8 Å². The summed E-state index contributed by atoms with van der Waals surface area (Å²) >= 11 is 6.00. The molecule has 0 spiro atoms. The van der Waals surface area contributed by atoms with Crippen molar-refractivity contribution in [2.45, 2.75) is 32.9 Å². The van der Waals surface area contributed by atoms with Gasteiger partial charge in [0.1, 0.15) is 5.75 Å². The third-order valence-corrected chi connectivity index (χ3v) is 4.61. The van der Waals surface area contributed by atoms with E-state index >= 15 is 0 Å².